The molecule has 61 heavy (non-hydrogen) atoms. The lowest BCUT2D eigenvalue weighted by Crippen LogP contribution is -2.16. The molecule has 0 saturated heterocycles. The lowest BCUT2D eigenvalue weighted by atomic mass is 9.82. The fraction of sp³-hybridized carbons (Fsp3) is 0.0526. The van der Waals surface area contributed by atoms with Crippen molar-refractivity contribution < 1.29 is 8.83 Å². The second-order valence-corrected chi connectivity index (χ2v) is 17.9. The van der Waals surface area contributed by atoms with E-state index in [-0.39, 0.29) is 5.41 Å². The van der Waals surface area contributed by atoms with Gasteiger partial charge in [0.1, 0.15) is 16.7 Å². The predicted octanol–water partition coefficient (Wildman–Crippen LogP) is 17.0. The summed E-state index contributed by atoms with van der Waals surface area (Å²) in [7, 11) is 0. The first-order chi connectivity index (χ1) is 30.0. The second kappa shape index (κ2) is 12.8. The van der Waals surface area contributed by atoms with Crippen LogP contribution in [0.25, 0.3) is 97.4 Å². The number of thiophene rings is 1. The van der Waals surface area contributed by atoms with Crippen LogP contribution in [-0.4, -0.2) is 0 Å². The Balaban J connectivity index is 0.997. The number of hydrogen-bond acceptors (Lipinski definition) is 4. The van der Waals surface area contributed by atoms with Crippen LogP contribution in [0.5, 0.6) is 0 Å². The van der Waals surface area contributed by atoms with Crippen molar-refractivity contribution in [2.75, 3.05) is 4.90 Å². The third-order valence-corrected chi connectivity index (χ3v) is 14.2. The van der Waals surface area contributed by atoms with Crippen molar-refractivity contribution in [1.29, 1.82) is 0 Å². The highest BCUT2D eigenvalue weighted by Crippen LogP contribution is 2.52. The smallest absolute Gasteiger partial charge is 0.159 e. The third-order valence-electron chi connectivity index (χ3n) is 13.1. The topological polar surface area (TPSA) is 29.5 Å². The van der Waals surface area contributed by atoms with E-state index >= 15 is 0 Å². The fourth-order valence-electron chi connectivity index (χ4n) is 10.1. The van der Waals surface area contributed by atoms with Crippen molar-refractivity contribution in [3.63, 3.8) is 0 Å². The van der Waals surface area contributed by atoms with E-state index in [1.165, 1.54) is 59.1 Å². The van der Waals surface area contributed by atoms with Crippen LogP contribution in [0.1, 0.15) is 25.0 Å². The highest BCUT2D eigenvalue weighted by Gasteiger charge is 2.36. The Labute approximate surface area is 356 Å². The quantitative estimate of drug-likeness (QED) is 0.174. The molecule has 0 fully saturated rings. The molecule has 1 aliphatic carbocycles. The molecule has 0 bridgehead atoms. The monoisotopic (exact) mass is 799 g/mol. The molecule has 0 saturated carbocycles. The fourth-order valence-corrected chi connectivity index (χ4v) is 11.2. The molecule has 0 amide bonds. The summed E-state index contributed by atoms with van der Waals surface area (Å²) in [4.78, 5) is 2.38. The number of benzene rings is 9. The molecule has 9 aromatic carbocycles. The van der Waals surface area contributed by atoms with Gasteiger partial charge in [-0.25, -0.2) is 0 Å². The Kier molecular flexibility index (Phi) is 7.23. The van der Waals surface area contributed by atoms with Gasteiger partial charge in [0.2, 0.25) is 0 Å². The van der Waals surface area contributed by atoms with Crippen molar-refractivity contribution >= 4 is 92.4 Å². The van der Waals surface area contributed by atoms with Gasteiger partial charge in [-0.2, -0.15) is 0 Å². The van der Waals surface area contributed by atoms with Crippen LogP contribution in [0.2, 0.25) is 0 Å². The summed E-state index contributed by atoms with van der Waals surface area (Å²) < 4.78 is 16.2. The first-order valence-electron chi connectivity index (χ1n) is 20.9. The number of nitrogens with zero attached hydrogens (tertiary/aromatic N) is 1. The van der Waals surface area contributed by atoms with Crippen molar-refractivity contribution in [2.45, 2.75) is 19.3 Å². The molecular weight excluding hydrogens is 763 g/mol. The molecule has 13 rings (SSSR count). The Morgan fingerprint density at radius 1 is 0.410 bits per heavy atom. The van der Waals surface area contributed by atoms with Crippen molar-refractivity contribution in [1.82, 2.24) is 0 Å². The summed E-state index contributed by atoms with van der Waals surface area (Å²) in [6, 6.07) is 68.1. The standard InChI is InChI=1S/C57H37NO2S/c1-57(2)47-18-8-6-14-40(47)41-28-27-38(31-48(41)57)58(37-25-22-35(23-26-37)39-16-11-21-54-55(39)43-15-7-9-20-53(43)61-54)49-19-10-17-42-45-32-51-46(33-52(45)60-56(42)49)44-30-36(24-29-50(44)59-51)34-12-4-3-5-13-34/h3-33H,1-2H3. The average Bonchev–Trinajstić information content (AvgIpc) is 4.04. The molecule has 0 N–H and O–H groups in total. The van der Waals surface area contributed by atoms with Crippen molar-refractivity contribution in [3.05, 3.63) is 199 Å². The van der Waals surface area contributed by atoms with Crippen molar-refractivity contribution in [2.24, 2.45) is 0 Å². The molecule has 3 aromatic heterocycles. The molecule has 0 unspecified atom stereocenters. The molecule has 3 heterocycles. The summed E-state index contributed by atoms with van der Waals surface area (Å²) in [5, 5.41) is 6.82. The normalized spacial score (nSPS) is 13.2. The lowest BCUT2D eigenvalue weighted by molar-refractivity contribution is 0.660. The Morgan fingerprint density at radius 3 is 1.95 bits per heavy atom. The maximum Gasteiger partial charge on any atom is 0.159 e. The molecule has 0 aliphatic heterocycles. The number of para-hydroxylation sites is 1. The Hall–Kier alpha value is -7.40. The maximum absolute atomic E-state index is 7.02. The summed E-state index contributed by atoms with van der Waals surface area (Å²) in [5.74, 6) is 0. The molecular formula is C57H37NO2S. The Morgan fingerprint density at radius 2 is 1.07 bits per heavy atom. The number of fused-ring (bicyclic) bond motifs is 12. The van der Waals surface area contributed by atoms with E-state index in [0.29, 0.717) is 0 Å². The predicted molar refractivity (Wildman–Crippen MR) is 257 cm³/mol. The van der Waals surface area contributed by atoms with Gasteiger partial charge >= 0.3 is 0 Å². The number of hydrogen-bond donors (Lipinski definition) is 0. The Bertz CT molecular complexity index is 3740. The van der Waals surface area contributed by atoms with Gasteiger partial charge in [0.05, 0.1) is 5.69 Å². The highest BCUT2D eigenvalue weighted by molar-refractivity contribution is 7.25. The minimum atomic E-state index is -0.151. The minimum Gasteiger partial charge on any atom is -0.456 e. The largest absolute Gasteiger partial charge is 0.456 e. The van der Waals surface area contributed by atoms with E-state index in [4.69, 9.17) is 8.83 Å². The zero-order valence-corrected chi connectivity index (χ0v) is 34.4. The van der Waals surface area contributed by atoms with Crippen LogP contribution in [0.3, 0.4) is 0 Å². The van der Waals surface area contributed by atoms with Gasteiger partial charge in [-0.3, -0.25) is 0 Å². The average molecular weight is 800 g/mol. The molecule has 0 atom stereocenters. The molecule has 0 radical (unpaired) electrons. The van der Waals surface area contributed by atoms with Gasteiger partial charge in [-0.1, -0.05) is 135 Å². The number of rotatable bonds is 5. The summed E-state index contributed by atoms with van der Waals surface area (Å²) in [6.45, 7) is 4.69. The molecule has 0 spiro atoms. The van der Waals surface area contributed by atoms with Gasteiger partial charge in [0, 0.05) is 58.5 Å². The first-order valence-corrected chi connectivity index (χ1v) is 21.7. The van der Waals surface area contributed by atoms with Gasteiger partial charge in [-0.05, 0) is 111 Å². The molecule has 1 aliphatic rings. The van der Waals surface area contributed by atoms with Crippen molar-refractivity contribution in [3.8, 4) is 33.4 Å². The van der Waals surface area contributed by atoms with Crippen LogP contribution in [-0.2, 0) is 5.41 Å². The molecule has 4 heteroatoms. The van der Waals surface area contributed by atoms with E-state index < -0.39 is 0 Å². The minimum absolute atomic E-state index is 0.151. The third kappa shape index (κ3) is 5.09. The second-order valence-electron chi connectivity index (χ2n) is 16.8. The molecule has 12 aromatic rings. The molecule has 3 nitrogen and oxygen atoms in total. The van der Waals surface area contributed by atoms with Gasteiger partial charge in [0.25, 0.3) is 0 Å². The van der Waals surface area contributed by atoms with Crippen LogP contribution >= 0.6 is 11.3 Å². The van der Waals surface area contributed by atoms with E-state index in [1.807, 2.05) is 11.3 Å². The van der Waals surface area contributed by atoms with Gasteiger partial charge < -0.3 is 13.7 Å². The number of furan rings is 2. The van der Waals surface area contributed by atoms with E-state index in [9.17, 15) is 0 Å². The van der Waals surface area contributed by atoms with Crippen LogP contribution in [0.15, 0.2) is 197 Å². The zero-order valence-electron chi connectivity index (χ0n) is 33.6. The summed E-state index contributed by atoms with van der Waals surface area (Å²) in [5.41, 5.74) is 16.4. The molecule has 288 valence electrons. The van der Waals surface area contributed by atoms with E-state index in [1.54, 1.807) is 0 Å². The SMILES string of the molecule is CC1(C)c2ccccc2-c2ccc(N(c3ccc(-c4cccc5sc6ccccc6c45)cc3)c3cccc4c3oc3cc5c(cc34)oc3ccc(-c4ccccc4)cc35)cc21. The van der Waals surface area contributed by atoms with Gasteiger partial charge in [-0.15, -0.1) is 11.3 Å². The van der Waals surface area contributed by atoms with Crippen LogP contribution in [0, 0.1) is 0 Å². The lowest BCUT2D eigenvalue weighted by Gasteiger charge is -2.28. The maximum atomic E-state index is 7.02. The highest BCUT2D eigenvalue weighted by atomic mass is 32.1. The number of anilines is 3. The first kappa shape index (κ1) is 34.5. The van der Waals surface area contributed by atoms with Gasteiger partial charge in [0.15, 0.2) is 5.58 Å². The zero-order chi connectivity index (χ0) is 40.4. The summed E-state index contributed by atoms with van der Waals surface area (Å²) in [6.07, 6.45) is 0. The van der Waals surface area contributed by atoms with E-state index in [0.717, 1.165) is 66.5 Å². The van der Waals surface area contributed by atoms with Crippen LogP contribution in [0.4, 0.5) is 17.1 Å². The van der Waals surface area contributed by atoms with E-state index in [2.05, 4.69) is 207 Å². The summed E-state index contributed by atoms with van der Waals surface area (Å²) >= 11 is 1.86. The van der Waals surface area contributed by atoms with Crippen LogP contribution < -0.4 is 4.90 Å².